The Morgan fingerprint density at radius 2 is 2.21 bits per heavy atom. The number of aryl methyl sites for hydroxylation is 1. The monoisotopic (exact) mass is 208 g/mol. The quantitative estimate of drug-likeness (QED) is 0.445. The van der Waals surface area contributed by atoms with Crippen molar-refractivity contribution in [3.8, 4) is 0 Å². The smallest absolute Gasteiger partial charge is 0.278 e. The Labute approximate surface area is 84.1 Å². The van der Waals surface area contributed by atoms with Gasteiger partial charge in [0.25, 0.3) is 5.69 Å². The number of thiophene rings is 1. The maximum absolute atomic E-state index is 10.7. The van der Waals surface area contributed by atoms with Crippen LogP contribution in [0.15, 0.2) is 18.2 Å². The minimum atomic E-state index is -0.381. The van der Waals surface area contributed by atoms with E-state index in [-0.39, 0.29) is 10.6 Å². The van der Waals surface area contributed by atoms with Crippen LogP contribution in [0.1, 0.15) is 4.88 Å². The molecule has 14 heavy (non-hydrogen) atoms. The van der Waals surface area contributed by atoms with Crippen LogP contribution in [0.2, 0.25) is 0 Å². The molecule has 0 amide bonds. The fraction of sp³-hybridized carbons (Fsp3) is 0.111. The van der Waals surface area contributed by atoms with Crippen molar-refractivity contribution in [2.45, 2.75) is 6.92 Å². The van der Waals surface area contributed by atoms with Crippen molar-refractivity contribution >= 4 is 32.8 Å². The molecule has 0 atom stereocenters. The molecule has 1 aromatic heterocycles. The summed E-state index contributed by atoms with van der Waals surface area (Å²) in [6.45, 7) is 1.91. The summed E-state index contributed by atoms with van der Waals surface area (Å²) in [7, 11) is 0. The molecule has 0 spiro atoms. The number of benzene rings is 1. The lowest BCUT2D eigenvalue weighted by atomic mass is 10.2. The van der Waals surface area contributed by atoms with E-state index in [1.165, 1.54) is 17.4 Å². The molecule has 2 aromatic rings. The number of nitrogen functional groups attached to an aromatic ring is 1. The maximum atomic E-state index is 10.7. The predicted octanol–water partition coefficient (Wildman–Crippen LogP) is 2.70. The molecule has 72 valence electrons. The van der Waals surface area contributed by atoms with Gasteiger partial charge in [-0.25, -0.2) is 0 Å². The standard InChI is InChI=1S/C9H8N2O2S/c1-5-4-6-8(11(12)13)3-2-7(10)9(6)14-5/h2-4H,10H2,1H3. The van der Waals surface area contributed by atoms with Crippen molar-refractivity contribution in [2.24, 2.45) is 0 Å². The van der Waals surface area contributed by atoms with E-state index in [9.17, 15) is 10.1 Å². The highest BCUT2D eigenvalue weighted by Gasteiger charge is 2.15. The number of non-ortho nitro benzene ring substituents is 1. The van der Waals surface area contributed by atoms with Crippen LogP contribution in [0, 0.1) is 17.0 Å². The maximum Gasteiger partial charge on any atom is 0.278 e. The lowest BCUT2D eigenvalue weighted by Gasteiger charge is -1.96. The summed E-state index contributed by atoms with van der Waals surface area (Å²) >= 11 is 1.48. The predicted molar refractivity (Wildman–Crippen MR) is 57.6 cm³/mol. The van der Waals surface area contributed by atoms with Crippen molar-refractivity contribution in [1.29, 1.82) is 0 Å². The Kier molecular flexibility index (Phi) is 1.89. The minimum absolute atomic E-state index is 0.124. The molecule has 1 aromatic carbocycles. The van der Waals surface area contributed by atoms with E-state index in [1.54, 1.807) is 12.1 Å². The SMILES string of the molecule is Cc1cc2c([N+](=O)[O-])ccc(N)c2s1. The van der Waals surface area contributed by atoms with Gasteiger partial charge in [0, 0.05) is 10.9 Å². The summed E-state index contributed by atoms with van der Waals surface area (Å²) in [5, 5.41) is 11.3. The van der Waals surface area contributed by atoms with Crippen molar-refractivity contribution in [3.63, 3.8) is 0 Å². The van der Waals surface area contributed by atoms with Crippen LogP contribution >= 0.6 is 11.3 Å². The first-order chi connectivity index (χ1) is 6.59. The van der Waals surface area contributed by atoms with Crippen LogP contribution in [0.3, 0.4) is 0 Å². The Hall–Kier alpha value is -1.62. The number of nitro benzene ring substituents is 1. The molecule has 1 heterocycles. The topological polar surface area (TPSA) is 69.2 Å². The number of hydrogen-bond donors (Lipinski definition) is 1. The molecular weight excluding hydrogens is 200 g/mol. The molecule has 4 nitrogen and oxygen atoms in total. The number of rotatable bonds is 1. The molecule has 0 aliphatic heterocycles. The molecule has 0 saturated carbocycles. The van der Waals surface area contributed by atoms with Crippen molar-refractivity contribution in [3.05, 3.63) is 33.2 Å². The highest BCUT2D eigenvalue weighted by molar-refractivity contribution is 7.19. The molecule has 2 rings (SSSR count). The highest BCUT2D eigenvalue weighted by Crippen LogP contribution is 2.35. The van der Waals surface area contributed by atoms with Gasteiger partial charge in [-0.15, -0.1) is 11.3 Å². The van der Waals surface area contributed by atoms with Gasteiger partial charge < -0.3 is 5.73 Å². The molecule has 0 unspecified atom stereocenters. The molecular formula is C9H8N2O2S. The Morgan fingerprint density at radius 1 is 1.50 bits per heavy atom. The first-order valence-corrected chi connectivity index (χ1v) is 4.84. The van der Waals surface area contributed by atoms with Crippen molar-refractivity contribution < 1.29 is 4.92 Å². The summed E-state index contributed by atoms with van der Waals surface area (Å²) in [5.41, 5.74) is 6.45. The van der Waals surface area contributed by atoms with Gasteiger partial charge in [0.15, 0.2) is 0 Å². The van der Waals surface area contributed by atoms with Crippen LogP contribution in [-0.4, -0.2) is 4.92 Å². The summed E-state index contributed by atoms with van der Waals surface area (Å²) < 4.78 is 0.803. The lowest BCUT2D eigenvalue weighted by Crippen LogP contribution is -1.90. The van der Waals surface area contributed by atoms with Crippen LogP contribution < -0.4 is 5.73 Å². The van der Waals surface area contributed by atoms with E-state index in [0.29, 0.717) is 11.1 Å². The van der Waals surface area contributed by atoms with Gasteiger partial charge >= 0.3 is 0 Å². The van der Waals surface area contributed by atoms with Crippen LogP contribution in [0.4, 0.5) is 11.4 Å². The summed E-state index contributed by atoms with van der Waals surface area (Å²) in [6.07, 6.45) is 0. The molecule has 0 aliphatic carbocycles. The number of nitrogens with two attached hydrogens (primary N) is 1. The van der Waals surface area contributed by atoms with E-state index >= 15 is 0 Å². The van der Waals surface area contributed by atoms with Gasteiger partial charge in [-0.2, -0.15) is 0 Å². The Morgan fingerprint density at radius 3 is 2.86 bits per heavy atom. The third kappa shape index (κ3) is 1.22. The number of nitro groups is 1. The number of nitrogens with zero attached hydrogens (tertiary/aromatic N) is 1. The average Bonchev–Trinajstić information content (AvgIpc) is 2.47. The van der Waals surface area contributed by atoms with E-state index in [1.807, 2.05) is 6.92 Å². The Balaban J connectivity index is 2.87. The Bertz CT molecular complexity index is 519. The van der Waals surface area contributed by atoms with E-state index in [0.717, 1.165) is 9.58 Å². The third-order valence-electron chi connectivity index (χ3n) is 2.01. The summed E-state index contributed by atoms with van der Waals surface area (Å²) in [4.78, 5) is 11.4. The zero-order valence-electron chi connectivity index (χ0n) is 7.48. The number of anilines is 1. The van der Waals surface area contributed by atoms with Gasteiger partial charge in [0.05, 0.1) is 20.7 Å². The molecule has 0 aliphatic rings. The first-order valence-electron chi connectivity index (χ1n) is 4.02. The van der Waals surface area contributed by atoms with Crippen LogP contribution in [-0.2, 0) is 0 Å². The lowest BCUT2D eigenvalue weighted by molar-refractivity contribution is -0.383. The molecule has 2 N–H and O–H groups in total. The van der Waals surface area contributed by atoms with Crippen LogP contribution in [0.5, 0.6) is 0 Å². The largest absolute Gasteiger partial charge is 0.398 e. The van der Waals surface area contributed by atoms with E-state index < -0.39 is 0 Å². The van der Waals surface area contributed by atoms with E-state index in [2.05, 4.69) is 0 Å². The van der Waals surface area contributed by atoms with Gasteiger partial charge in [0.2, 0.25) is 0 Å². The van der Waals surface area contributed by atoms with Gasteiger partial charge in [-0.1, -0.05) is 0 Å². The fourth-order valence-corrected chi connectivity index (χ4v) is 2.37. The third-order valence-corrected chi connectivity index (χ3v) is 3.11. The van der Waals surface area contributed by atoms with Crippen molar-refractivity contribution in [1.82, 2.24) is 0 Å². The zero-order valence-corrected chi connectivity index (χ0v) is 8.30. The summed E-state index contributed by atoms with van der Waals surface area (Å²) in [5.74, 6) is 0. The highest BCUT2D eigenvalue weighted by atomic mass is 32.1. The number of hydrogen-bond acceptors (Lipinski definition) is 4. The minimum Gasteiger partial charge on any atom is -0.398 e. The second-order valence-corrected chi connectivity index (χ2v) is 4.29. The zero-order chi connectivity index (χ0) is 10.3. The van der Waals surface area contributed by atoms with Crippen LogP contribution in [0.25, 0.3) is 10.1 Å². The first kappa shape index (κ1) is 8.96. The van der Waals surface area contributed by atoms with E-state index in [4.69, 9.17) is 5.73 Å². The van der Waals surface area contributed by atoms with Gasteiger partial charge in [-0.05, 0) is 19.1 Å². The molecule has 0 saturated heterocycles. The van der Waals surface area contributed by atoms with Gasteiger partial charge in [0.1, 0.15) is 0 Å². The normalized spacial score (nSPS) is 10.6. The summed E-state index contributed by atoms with van der Waals surface area (Å²) in [6, 6.07) is 4.83. The van der Waals surface area contributed by atoms with Crippen molar-refractivity contribution in [2.75, 3.05) is 5.73 Å². The molecule has 0 radical (unpaired) electrons. The fourth-order valence-electron chi connectivity index (χ4n) is 1.41. The molecule has 0 fully saturated rings. The second kappa shape index (κ2) is 2.95. The molecule has 5 heteroatoms. The number of fused-ring (bicyclic) bond motifs is 1. The second-order valence-electron chi connectivity index (χ2n) is 3.03. The van der Waals surface area contributed by atoms with Gasteiger partial charge in [-0.3, -0.25) is 10.1 Å². The average molecular weight is 208 g/mol. The molecule has 0 bridgehead atoms.